The minimum atomic E-state index is -1.69. The summed E-state index contributed by atoms with van der Waals surface area (Å²) >= 11 is 0. The molecule has 0 aliphatic rings. The quantitative estimate of drug-likeness (QED) is 0.361. The zero-order chi connectivity index (χ0) is 16.1. The van der Waals surface area contributed by atoms with Gasteiger partial charge in [-0.1, -0.05) is 32.9 Å². The lowest BCUT2D eigenvalue weighted by molar-refractivity contribution is -0.384. The maximum absolute atomic E-state index is 10.7. The van der Waals surface area contributed by atoms with Crippen LogP contribution in [-0.4, -0.2) is 26.4 Å². The van der Waals surface area contributed by atoms with Crippen LogP contribution in [0.3, 0.4) is 0 Å². The van der Waals surface area contributed by atoms with Crippen molar-refractivity contribution in [2.24, 2.45) is 0 Å². The fourth-order valence-electron chi connectivity index (χ4n) is 1.61. The summed E-state index contributed by atoms with van der Waals surface area (Å²) in [6, 6.07) is 6.70. The van der Waals surface area contributed by atoms with Crippen molar-refractivity contribution in [3.05, 3.63) is 39.9 Å². The second-order valence-electron chi connectivity index (χ2n) is 6.71. The van der Waals surface area contributed by atoms with Crippen molar-refractivity contribution < 1.29 is 9.35 Å². The maximum atomic E-state index is 10.7. The van der Waals surface area contributed by atoms with E-state index in [0.29, 0.717) is 13.2 Å². The third-order valence-corrected chi connectivity index (χ3v) is 8.54. The summed E-state index contributed by atoms with van der Waals surface area (Å²) < 4.78 is 6.06. The Kier molecular flexibility index (Phi) is 6.06. The number of nitro benzene ring substituents is 1. The molecule has 1 rings (SSSR count). The Morgan fingerprint density at radius 2 is 2.00 bits per heavy atom. The van der Waals surface area contributed by atoms with Crippen molar-refractivity contribution in [2.75, 3.05) is 13.2 Å². The summed E-state index contributed by atoms with van der Waals surface area (Å²) in [5, 5.41) is 14.2. The second-order valence-corrected chi connectivity index (χ2v) is 11.5. The highest BCUT2D eigenvalue weighted by molar-refractivity contribution is 6.74. The van der Waals surface area contributed by atoms with Crippen LogP contribution < -0.4 is 5.32 Å². The summed E-state index contributed by atoms with van der Waals surface area (Å²) in [4.78, 5) is 10.3. The molecule has 0 unspecified atom stereocenters. The Labute approximate surface area is 128 Å². The van der Waals surface area contributed by atoms with Gasteiger partial charge < -0.3 is 9.74 Å². The monoisotopic (exact) mass is 310 g/mol. The lowest BCUT2D eigenvalue weighted by Crippen LogP contribution is -2.42. The number of nitrogens with zero attached hydrogens (tertiary/aromatic N) is 1. The lowest BCUT2D eigenvalue weighted by atomic mass is 10.2. The van der Waals surface area contributed by atoms with Crippen molar-refractivity contribution in [1.29, 1.82) is 0 Å². The Morgan fingerprint density at radius 3 is 2.57 bits per heavy atom. The third kappa shape index (κ3) is 5.57. The van der Waals surface area contributed by atoms with Gasteiger partial charge >= 0.3 is 0 Å². The standard InChI is InChI=1S/C15H26N2O3Si/c1-15(2,3)21(4,5)20-10-9-16-12-13-7-6-8-14(11-13)17(18)19/h6-8,11,16H,9-10,12H2,1-5H3. The molecule has 0 aliphatic carbocycles. The molecule has 5 nitrogen and oxygen atoms in total. The third-order valence-electron chi connectivity index (χ3n) is 4.00. The summed E-state index contributed by atoms with van der Waals surface area (Å²) in [7, 11) is -1.69. The maximum Gasteiger partial charge on any atom is 0.269 e. The van der Waals surface area contributed by atoms with Crippen LogP contribution in [0.2, 0.25) is 18.1 Å². The van der Waals surface area contributed by atoms with E-state index in [1.807, 2.05) is 6.07 Å². The summed E-state index contributed by atoms with van der Waals surface area (Å²) in [6.45, 7) is 13.1. The lowest BCUT2D eigenvalue weighted by Gasteiger charge is -2.36. The number of nitro groups is 1. The second kappa shape index (κ2) is 7.15. The predicted octanol–water partition coefficient (Wildman–Crippen LogP) is 3.71. The van der Waals surface area contributed by atoms with Crippen LogP contribution in [0.25, 0.3) is 0 Å². The van der Waals surface area contributed by atoms with E-state index >= 15 is 0 Å². The van der Waals surface area contributed by atoms with Gasteiger partial charge in [0.25, 0.3) is 5.69 Å². The van der Waals surface area contributed by atoms with Crippen LogP contribution in [0.5, 0.6) is 0 Å². The molecule has 0 saturated carbocycles. The molecular formula is C15H26N2O3Si. The zero-order valence-electron chi connectivity index (χ0n) is 13.6. The average molecular weight is 310 g/mol. The fraction of sp³-hybridized carbons (Fsp3) is 0.600. The molecule has 118 valence electrons. The Hall–Kier alpha value is -1.24. The molecule has 1 aromatic rings. The Balaban J connectivity index is 2.35. The van der Waals surface area contributed by atoms with Gasteiger partial charge in [0.1, 0.15) is 0 Å². The summed E-state index contributed by atoms with van der Waals surface area (Å²) in [5.74, 6) is 0. The van der Waals surface area contributed by atoms with E-state index in [2.05, 4.69) is 39.2 Å². The SMILES string of the molecule is CC(C)(C)[Si](C)(C)OCCNCc1cccc([N+](=O)[O-])c1. The highest BCUT2D eigenvalue weighted by Crippen LogP contribution is 2.36. The van der Waals surface area contributed by atoms with E-state index in [0.717, 1.165) is 12.1 Å². The largest absolute Gasteiger partial charge is 0.416 e. The molecule has 0 aliphatic heterocycles. The normalized spacial score (nSPS) is 12.4. The van der Waals surface area contributed by atoms with Crippen molar-refractivity contribution in [3.63, 3.8) is 0 Å². The molecule has 6 heteroatoms. The van der Waals surface area contributed by atoms with Crippen LogP contribution in [0.4, 0.5) is 5.69 Å². The Bertz CT molecular complexity index is 484. The molecule has 0 bridgehead atoms. The first-order chi connectivity index (χ1) is 9.63. The van der Waals surface area contributed by atoms with Crippen LogP contribution in [0.15, 0.2) is 24.3 Å². The first-order valence-electron chi connectivity index (χ1n) is 7.21. The van der Waals surface area contributed by atoms with Crippen LogP contribution in [-0.2, 0) is 11.0 Å². The van der Waals surface area contributed by atoms with Gasteiger partial charge in [0.05, 0.1) is 4.92 Å². The number of hydrogen-bond acceptors (Lipinski definition) is 4. The van der Waals surface area contributed by atoms with Crippen molar-refractivity contribution in [3.8, 4) is 0 Å². The Morgan fingerprint density at radius 1 is 1.33 bits per heavy atom. The molecule has 1 aromatic carbocycles. The van der Waals surface area contributed by atoms with Gasteiger partial charge in [-0.2, -0.15) is 0 Å². The smallest absolute Gasteiger partial charge is 0.269 e. The topological polar surface area (TPSA) is 64.4 Å². The number of non-ortho nitro benzene ring substituents is 1. The van der Waals surface area contributed by atoms with Gasteiger partial charge in [0.15, 0.2) is 8.32 Å². The van der Waals surface area contributed by atoms with E-state index in [-0.39, 0.29) is 15.6 Å². The van der Waals surface area contributed by atoms with Crippen molar-refractivity contribution >= 4 is 14.0 Å². The number of rotatable bonds is 7. The molecule has 0 amide bonds. The molecule has 1 N–H and O–H groups in total. The molecule has 0 radical (unpaired) electrons. The number of nitrogens with one attached hydrogen (secondary N) is 1. The molecule has 0 spiro atoms. The molecule has 0 atom stereocenters. The fourth-order valence-corrected chi connectivity index (χ4v) is 2.65. The van der Waals surface area contributed by atoms with Gasteiger partial charge in [0, 0.05) is 31.8 Å². The minimum Gasteiger partial charge on any atom is -0.416 e. The van der Waals surface area contributed by atoms with Gasteiger partial charge in [-0.15, -0.1) is 0 Å². The van der Waals surface area contributed by atoms with E-state index in [1.165, 1.54) is 6.07 Å². The van der Waals surface area contributed by atoms with Gasteiger partial charge in [-0.3, -0.25) is 10.1 Å². The summed E-state index contributed by atoms with van der Waals surface area (Å²) in [6.07, 6.45) is 0. The van der Waals surface area contributed by atoms with Gasteiger partial charge in [0.2, 0.25) is 0 Å². The van der Waals surface area contributed by atoms with E-state index in [1.54, 1.807) is 12.1 Å². The molecule has 0 aromatic heterocycles. The molecular weight excluding hydrogens is 284 g/mol. The van der Waals surface area contributed by atoms with E-state index < -0.39 is 8.32 Å². The van der Waals surface area contributed by atoms with Gasteiger partial charge in [-0.25, -0.2) is 0 Å². The first kappa shape index (κ1) is 17.8. The van der Waals surface area contributed by atoms with Gasteiger partial charge in [-0.05, 0) is 23.7 Å². The highest BCUT2D eigenvalue weighted by Gasteiger charge is 2.36. The van der Waals surface area contributed by atoms with E-state index in [9.17, 15) is 10.1 Å². The van der Waals surface area contributed by atoms with Crippen molar-refractivity contribution in [2.45, 2.75) is 45.4 Å². The van der Waals surface area contributed by atoms with Crippen LogP contribution >= 0.6 is 0 Å². The molecule has 21 heavy (non-hydrogen) atoms. The number of hydrogen-bond donors (Lipinski definition) is 1. The van der Waals surface area contributed by atoms with E-state index in [4.69, 9.17) is 4.43 Å². The van der Waals surface area contributed by atoms with Crippen LogP contribution in [0.1, 0.15) is 26.3 Å². The molecule has 0 heterocycles. The number of benzene rings is 1. The molecule has 0 fully saturated rings. The average Bonchev–Trinajstić information content (AvgIpc) is 2.37. The minimum absolute atomic E-state index is 0.131. The molecule has 0 saturated heterocycles. The van der Waals surface area contributed by atoms with Crippen LogP contribution in [0, 0.1) is 10.1 Å². The highest BCUT2D eigenvalue weighted by atomic mass is 28.4. The first-order valence-corrected chi connectivity index (χ1v) is 10.1. The summed E-state index contributed by atoms with van der Waals surface area (Å²) in [5.41, 5.74) is 1.04. The predicted molar refractivity (Wildman–Crippen MR) is 88.0 cm³/mol. The zero-order valence-corrected chi connectivity index (χ0v) is 14.6. The van der Waals surface area contributed by atoms with Crippen molar-refractivity contribution in [1.82, 2.24) is 5.32 Å².